The van der Waals surface area contributed by atoms with Gasteiger partial charge in [0.2, 0.25) is 0 Å². The van der Waals surface area contributed by atoms with Crippen LogP contribution >= 0.6 is 11.3 Å². The Labute approximate surface area is 124 Å². The molecule has 0 saturated carbocycles. The fourth-order valence-corrected chi connectivity index (χ4v) is 3.68. The van der Waals surface area contributed by atoms with E-state index in [0.29, 0.717) is 5.82 Å². The minimum Gasteiger partial charge on any atom is -0.495 e. The first-order valence-electron chi connectivity index (χ1n) is 6.42. The standard InChI is InChI=1S/C15H12N4OS/c1-20-10-4-2-3-8-5-11(21-13(8)10)9-6-17-15-12(9)14(16)18-7-19-15/h2-7H,1H3,(H3,16,17,18,19). The maximum absolute atomic E-state index is 6.00. The fraction of sp³-hybridized carbons (Fsp3) is 0.0667. The average Bonchev–Trinajstić information content (AvgIpc) is 3.10. The number of nitrogens with two attached hydrogens (primary N) is 1. The highest BCUT2D eigenvalue weighted by Crippen LogP contribution is 2.41. The van der Waals surface area contributed by atoms with Gasteiger partial charge in [-0.2, -0.15) is 0 Å². The Hall–Kier alpha value is -2.60. The average molecular weight is 296 g/mol. The van der Waals surface area contributed by atoms with E-state index in [1.807, 2.05) is 18.3 Å². The van der Waals surface area contributed by atoms with Crippen LogP contribution in [0.2, 0.25) is 0 Å². The van der Waals surface area contributed by atoms with Crippen LogP contribution in [-0.4, -0.2) is 22.1 Å². The maximum Gasteiger partial charge on any atom is 0.143 e. The minimum atomic E-state index is 0.487. The van der Waals surface area contributed by atoms with Crippen molar-refractivity contribution in [2.24, 2.45) is 0 Å². The normalized spacial score (nSPS) is 11.3. The lowest BCUT2D eigenvalue weighted by Crippen LogP contribution is -1.91. The number of ether oxygens (including phenoxy) is 1. The summed E-state index contributed by atoms with van der Waals surface area (Å²) in [7, 11) is 1.69. The number of anilines is 1. The van der Waals surface area contributed by atoms with Crippen molar-refractivity contribution in [2.45, 2.75) is 0 Å². The Morgan fingerprint density at radius 3 is 3.05 bits per heavy atom. The van der Waals surface area contributed by atoms with Crippen LogP contribution in [-0.2, 0) is 0 Å². The van der Waals surface area contributed by atoms with E-state index >= 15 is 0 Å². The molecule has 1 aromatic carbocycles. The van der Waals surface area contributed by atoms with Crippen LogP contribution in [0.4, 0.5) is 5.82 Å². The highest BCUT2D eigenvalue weighted by molar-refractivity contribution is 7.22. The summed E-state index contributed by atoms with van der Waals surface area (Å²) in [5, 5.41) is 2.02. The fourth-order valence-electron chi connectivity index (χ4n) is 2.51. The smallest absolute Gasteiger partial charge is 0.143 e. The lowest BCUT2D eigenvalue weighted by molar-refractivity contribution is 0.420. The van der Waals surface area contributed by atoms with Gasteiger partial charge < -0.3 is 15.5 Å². The van der Waals surface area contributed by atoms with E-state index in [1.54, 1.807) is 18.4 Å². The summed E-state index contributed by atoms with van der Waals surface area (Å²) in [6, 6.07) is 8.17. The number of rotatable bonds is 2. The minimum absolute atomic E-state index is 0.487. The third kappa shape index (κ3) is 1.76. The third-order valence-corrected chi connectivity index (χ3v) is 4.69. The van der Waals surface area contributed by atoms with Crippen molar-refractivity contribution in [2.75, 3.05) is 12.8 Å². The number of nitrogens with zero attached hydrogens (tertiary/aromatic N) is 2. The van der Waals surface area contributed by atoms with Gasteiger partial charge >= 0.3 is 0 Å². The number of H-pyrrole nitrogens is 1. The Kier molecular flexibility index (Phi) is 2.58. The molecular formula is C15H12N4OS. The number of aromatic amines is 1. The largest absolute Gasteiger partial charge is 0.495 e. The van der Waals surface area contributed by atoms with Crippen molar-refractivity contribution in [3.05, 3.63) is 36.8 Å². The molecule has 0 aliphatic carbocycles. The zero-order chi connectivity index (χ0) is 14.4. The van der Waals surface area contributed by atoms with E-state index in [0.717, 1.165) is 37.3 Å². The second kappa shape index (κ2) is 4.46. The van der Waals surface area contributed by atoms with E-state index in [9.17, 15) is 0 Å². The molecule has 4 rings (SSSR count). The third-order valence-electron chi connectivity index (χ3n) is 3.49. The summed E-state index contributed by atoms with van der Waals surface area (Å²) in [5.41, 5.74) is 7.77. The van der Waals surface area contributed by atoms with Crippen LogP contribution < -0.4 is 10.5 Å². The van der Waals surface area contributed by atoms with Crippen LogP contribution in [0.5, 0.6) is 5.75 Å². The first-order chi connectivity index (χ1) is 10.3. The molecule has 0 amide bonds. The number of hydrogen-bond donors (Lipinski definition) is 2. The topological polar surface area (TPSA) is 76.8 Å². The van der Waals surface area contributed by atoms with Gasteiger partial charge in [-0.15, -0.1) is 11.3 Å². The number of nitrogens with one attached hydrogen (secondary N) is 1. The second-order valence-corrected chi connectivity index (χ2v) is 5.73. The molecule has 21 heavy (non-hydrogen) atoms. The molecule has 3 aromatic heterocycles. The van der Waals surface area contributed by atoms with Crippen LogP contribution in [0.15, 0.2) is 36.8 Å². The van der Waals surface area contributed by atoms with E-state index in [1.165, 1.54) is 6.33 Å². The number of thiophene rings is 1. The molecule has 0 fully saturated rings. The molecule has 0 aliphatic heterocycles. The van der Waals surface area contributed by atoms with Crippen molar-refractivity contribution in [3.63, 3.8) is 0 Å². The van der Waals surface area contributed by atoms with Crippen molar-refractivity contribution in [3.8, 4) is 16.2 Å². The highest BCUT2D eigenvalue weighted by Gasteiger charge is 2.14. The molecule has 5 nitrogen and oxygen atoms in total. The molecule has 0 unspecified atom stereocenters. The first kappa shape index (κ1) is 12.2. The van der Waals surface area contributed by atoms with Gasteiger partial charge in [-0.3, -0.25) is 0 Å². The number of hydrogen-bond acceptors (Lipinski definition) is 5. The van der Waals surface area contributed by atoms with Crippen molar-refractivity contribution >= 4 is 38.3 Å². The highest BCUT2D eigenvalue weighted by atomic mass is 32.1. The molecule has 4 aromatic rings. The summed E-state index contributed by atoms with van der Waals surface area (Å²) < 4.78 is 6.55. The van der Waals surface area contributed by atoms with E-state index in [4.69, 9.17) is 10.5 Å². The molecule has 0 bridgehead atoms. The van der Waals surface area contributed by atoms with Gasteiger partial charge in [0, 0.05) is 16.6 Å². The summed E-state index contributed by atoms with van der Waals surface area (Å²) in [4.78, 5) is 12.5. The molecule has 3 heterocycles. The first-order valence-corrected chi connectivity index (χ1v) is 7.24. The SMILES string of the molecule is COc1cccc2cc(-c3c[nH]c4ncnc(N)c34)sc12. The zero-order valence-corrected chi connectivity index (χ0v) is 12.1. The van der Waals surface area contributed by atoms with E-state index < -0.39 is 0 Å². The summed E-state index contributed by atoms with van der Waals surface area (Å²) in [6.07, 6.45) is 3.39. The number of methoxy groups -OCH3 is 1. The van der Waals surface area contributed by atoms with Crippen LogP contribution in [0, 0.1) is 0 Å². The molecule has 3 N–H and O–H groups in total. The molecular weight excluding hydrogens is 284 g/mol. The monoisotopic (exact) mass is 296 g/mol. The number of fused-ring (bicyclic) bond motifs is 2. The lowest BCUT2D eigenvalue weighted by atomic mass is 10.1. The molecule has 0 radical (unpaired) electrons. The van der Waals surface area contributed by atoms with Gasteiger partial charge in [0.1, 0.15) is 23.5 Å². The van der Waals surface area contributed by atoms with Crippen molar-refractivity contribution in [1.82, 2.24) is 15.0 Å². The van der Waals surface area contributed by atoms with Crippen molar-refractivity contribution in [1.29, 1.82) is 0 Å². The summed E-state index contributed by atoms with van der Waals surface area (Å²) in [5.74, 6) is 1.37. The number of aromatic nitrogens is 3. The molecule has 0 saturated heterocycles. The predicted octanol–water partition coefficient (Wildman–Crippen LogP) is 3.43. The number of nitrogen functional groups attached to an aromatic ring is 1. The Morgan fingerprint density at radius 2 is 2.19 bits per heavy atom. The predicted molar refractivity (Wildman–Crippen MR) is 85.7 cm³/mol. The zero-order valence-electron chi connectivity index (χ0n) is 11.3. The van der Waals surface area contributed by atoms with Crippen LogP contribution in [0.3, 0.4) is 0 Å². The van der Waals surface area contributed by atoms with Crippen LogP contribution in [0.25, 0.3) is 31.6 Å². The van der Waals surface area contributed by atoms with Gasteiger partial charge in [0.05, 0.1) is 17.2 Å². The van der Waals surface area contributed by atoms with E-state index in [2.05, 4.69) is 27.1 Å². The van der Waals surface area contributed by atoms with E-state index in [-0.39, 0.29) is 0 Å². The van der Waals surface area contributed by atoms with Gasteiger partial charge in [0.15, 0.2) is 0 Å². The molecule has 0 atom stereocenters. The molecule has 6 heteroatoms. The number of benzene rings is 1. The van der Waals surface area contributed by atoms with Gasteiger partial charge in [0.25, 0.3) is 0 Å². The lowest BCUT2D eigenvalue weighted by Gasteiger charge is -1.99. The molecule has 0 aliphatic rings. The molecule has 0 spiro atoms. The second-order valence-electron chi connectivity index (χ2n) is 4.67. The van der Waals surface area contributed by atoms with Gasteiger partial charge in [-0.05, 0) is 17.5 Å². The summed E-state index contributed by atoms with van der Waals surface area (Å²) in [6.45, 7) is 0. The van der Waals surface area contributed by atoms with Crippen molar-refractivity contribution < 1.29 is 4.74 Å². The Balaban J connectivity index is 2.01. The Bertz CT molecular complexity index is 957. The molecule has 104 valence electrons. The maximum atomic E-state index is 6.00. The van der Waals surface area contributed by atoms with Crippen LogP contribution in [0.1, 0.15) is 0 Å². The van der Waals surface area contributed by atoms with Gasteiger partial charge in [-0.1, -0.05) is 12.1 Å². The van der Waals surface area contributed by atoms with Gasteiger partial charge in [-0.25, -0.2) is 9.97 Å². The Morgan fingerprint density at radius 1 is 1.29 bits per heavy atom. The quantitative estimate of drug-likeness (QED) is 0.594. The summed E-state index contributed by atoms with van der Waals surface area (Å²) >= 11 is 1.67.